The molecule has 0 fully saturated rings. The van der Waals surface area contributed by atoms with E-state index in [2.05, 4.69) is 15.5 Å². The second-order valence-corrected chi connectivity index (χ2v) is 4.86. The van der Waals surface area contributed by atoms with Crippen molar-refractivity contribution in [3.63, 3.8) is 0 Å². The molecule has 0 spiro atoms. The Hall–Kier alpha value is -3.15. The first-order valence-corrected chi connectivity index (χ1v) is 6.76. The number of para-hydroxylation sites is 2. The van der Waals surface area contributed by atoms with Crippen molar-refractivity contribution in [2.45, 2.75) is 6.42 Å². The largest absolute Gasteiger partial charge is 0.443 e. The first kappa shape index (κ1) is 12.6. The van der Waals surface area contributed by atoms with Gasteiger partial charge in [-0.15, -0.1) is 0 Å². The number of hydrogen-bond donors (Lipinski definition) is 1. The summed E-state index contributed by atoms with van der Waals surface area (Å²) in [4.78, 5) is 16.3. The van der Waals surface area contributed by atoms with Crippen molar-refractivity contribution < 1.29 is 13.7 Å². The molecule has 4 aromatic rings. The maximum atomic E-state index is 12.2. The molecule has 2 heterocycles. The summed E-state index contributed by atoms with van der Waals surface area (Å²) in [6.07, 6.45) is 1.48. The number of carbonyl (C=O) groups is 1. The van der Waals surface area contributed by atoms with E-state index in [1.165, 1.54) is 6.39 Å². The molecular weight excluding hydrogens is 282 g/mol. The molecule has 1 N–H and O–H groups in total. The third-order valence-corrected chi connectivity index (χ3v) is 3.41. The Balaban J connectivity index is 1.59. The summed E-state index contributed by atoms with van der Waals surface area (Å²) in [6, 6.07) is 12.8. The van der Waals surface area contributed by atoms with E-state index < -0.39 is 0 Å². The van der Waals surface area contributed by atoms with E-state index in [-0.39, 0.29) is 12.3 Å². The van der Waals surface area contributed by atoms with Crippen LogP contribution in [0, 0.1) is 0 Å². The molecule has 0 bridgehead atoms. The summed E-state index contributed by atoms with van der Waals surface area (Å²) in [7, 11) is 0. The maximum Gasteiger partial charge on any atom is 0.230 e. The van der Waals surface area contributed by atoms with Crippen molar-refractivity contribution >= 4 is 33.7 Å². The third kappa shape index (κ3) is 2.10. The zero-order valence-electron chi connectivity index (χ0n) is 11.4. The molecule has 6 heteroatoms. The highest BCUT2D eigenvalue weighted by Crippen LogP contribution is 2.22. The van der Waals surface area contributed by atoms with Crippen LogP contribution >= 0.6 is 0 Å². The number of rotatable bonds is 3. The molecule has 0 unspecified atom stereocenters. The van der Waals surface area contributed by atoms with E-state index in [4.69, 9.17) is 8.94 Å². The van der Waals surface area contributed by atoms with Gasteiger partial charge in [0.1, 0.15) is 11.2 Å². The Morgan fingerprint density at radius 1 is 1.09 bits per heavy atom. The van der Waals surface area contributed by atoms with Gasteiger partial charge >= 0.3 is 0 Å². The van der Waals surface area contributed by atoms with E-state index in [0.717, 1.165) is 5.39 Å². The summed E-state index contributed by atoms with van der Waals surface area (Å²) in [5, 5.41) is 7.63. The molecule has 22 heavy (non-hydrogen) atoms. The lowest BCUT2D eigenvalue weighted by molar-refractivity contribution is -0.115. The minimum Gasteiger partial charge on any atom is -0.443 e. The molecule has 1 amide bonds. The minimum atomic E-state index is -0.186. The van der Waals surface area contributed by atoms with Gasteiger partial charge in [0, 0.05) is 5.39 Å². The third-order valence-electron chi connectivity index (χ3n) is 3.41. The predicted molar refractivity (Wildman–Crippen MR) is 80.4 cm³/mol. The molecule has 0 aliphatic heterocycles. The highest BCUT2D eigenvalue weighted by Gasteiger charge is 2.14. The molecule has 0 atom stereocenters. The van der Waals surface area contributed by atoms with Gasteiger partial charge in [-0.3, -0.25) is 4.79 Å². The van der Waals surface area contributed by atoms with Crippen LogP contribution in [-0.2, 0) is 11.2 Å². The van der Waals surface area contributed by atoms with Crippen LogP contribution in [0.15, 0.2) is 57.8 Å². The minimum absolute atomic E-state index is 0.130. The van der Waals surface area contributed by atoms with Gasteiger partial charge in [0.05, 0.1) is 12.1 Å². The SMILES string of the molecule is O=C(Cc1noc2ccccc12)Nc1cccc2ocnc12. The van der Waals surface area contributed by atoms with Gasteiger partial charge in [-0.1, -0.05) is 23.4 Å². The summed E-state index contributed by atoms with van der Waals surface area (Å²) in [6.45, 7) is 0. The lowest BCUT2D eigenvalue weighted by atomic mass is 10.1. The van der Waals surface area contributed by atoms with E-state index >= 15 is 0 Å². The molecular formula is C16H11N3O3. The van der Waals surface area contributed by atoms with Gasteiger partial charge in [0.25, 0.3) is 0 Å². The standard InChI is InChI=1S/C16H11N3O3/c20-15(8-12-10-4-1-2-6-13(10)22-19-12)18-11-5-3-7-14-16(11)17-9-21-14/h1-7,9H,8H2,(H,18,20). The molecule has 2 aromatic heterocycles. The highest BCUT2D eigenvalue weighted by atomic mass is 16.5. The number of oxazole rings is 1. The predicted octanol–water partition coefficient (Wildman–Crippen LogP) is 3.15. The van der Waals surface area contributed by atoms with Gasteiger partial charge in [0.2, 0.25) is 5.91 Å². The van der Waals surface area contributed by atoms with Crippen LogP contribution in [0.1, 0.15) is 5.69 Å². The summed E-state index contributed by atoms with van der Waals surface area (Å²) in [5.74, 6) is -0.186. The average molecular weight is 293 g/mol. The van der Waals surface area contributed by atoms with Gasteiger partial charge in [-0.2, -0.15) is 0 Å². The van der Waals surface area contributed by atoms with Crippen molar-refractivity contribution in [3.05, 3.63) is 54.6 Å². The summed E-state index contributed by atoms with van der Waals surface area (Å²) >= 11 is 0. The fourth-order valence-corrected chi connectivity index (χ4v) is 2.40. The highest BCUT2D eigenvalue weighted by molar-refractivity contribution is 6.00. The molecule has 2 aromatic carbocycles. The van der Waals surface area contributed by atoms with Crippen molar-refractivity contribution in [3.8, 4) is 0 Å². The topological polar surface area (TPSA) is 81.2 Å². The zero-order chi connectivity index (χ0) is 14.9. The van der Waals surface area contributed by atoms with Gasteiger partial charge < -0.3 is 14.3 Å². The number of nitrogens with one attached hydrogen (secondary N) is 1. The number of anilines is 1. The maximum absolute atomic E-state index is 12.2. The van der Waals surface area contributed by atoms with Crippen LogP contribution in [0.3, 0.4) is 0 Å². The molecule has 6 nitrogen and oxygen atoms in total. The number of hydrogen-bond acceptors (Lipinski definition) is 5. The van der Waals surface area contributed by atoms with Crippen LogP contribution in [0.4, 0.5) is 5.69 Å². The van der Waals surface area contributed by atoms with Crippen LogP contribution < -0.4 is 5.32 Å². The van der Waals surface area contributed by atoms with Crippen molar-refractivity contribution in [1.29, 1.82) is 0 Å². The molecule has 0 saturated heterocycles. The fourth-order valence-electron chi connectivity index (χ4n) is 2.40. The quantitative estimate of drug-likeness (QED) is 0.627. The average Bonchev–Trinajstić information content (AvgIpc) is 3.15. The molecule has 108 valence electrons. The lowest BCUT2D eigenvalue weighted by Crippen LogP contribution is -2.15. The number of amides is 1. The Morgan fingerprint density at radius 2 is 1.95 bits per heavy atom. The first-order chi connectivity index (χ1) is 10.8. The molecule has 4 rings (SSSR count). The van der Waals surface area contributed by atoms with Crippen molar-refractivity contribution in [1.82, 2.24) is 10.1 Å². The van der Waals surface area contributed by atoms with Gasteiger partial charge in [0.15, 0.2) is 17.6 Å². The molecule has 0 radical (unpaired) electrons. The smallest absolute Gasteiger partial charge is 0.230 e. The van der Waals surface area contributed by atoms with Crippen molar-refractivity contribution in [2.24, 2.45) is 0 Å². The van der Waals surface area contributed by atoms with E-state index in [9.17, 15) is 4.79 Å². The number of nitrogens with zero attached hydrogens (tertiary/aromatic N) is 2. The van der Waals surface area contributed by atoms with Gasteiger partial charge in [-0.05, 0) is 24.3 Å². The number of fused-ring (bicyclic) bond motifs is 2. The Morgan fingerprint density at radius 3 is 2.91 bits per heavy atom. The van der Waals surface area contributed by atoms with Crippen LogP contribution in [0.5, 0.6) is 0 Å². The molecule has 0 aliphatic rings. The Bertz CT molecular complexity index is 971. The first-order valence-electron chi connectivity index (χ1n) is 6.76. The zero-order valence-corrected chi connectivity index (χ0v) is 11.4. The van der Waals surface area contributed by atoms with Crippen LogP contribution in [0.2, 0.25) is 0 Å². The van der Waals surface area contributed by atoms with E-state index in [1.54, 1.807) is 18.2 Å². The number of aromatic nitrogens is 2. The van der Waals surface area contributed by atoms with Crippen LogP contribution in [0.25, 0.3) is 22.1 Å². The second-order valence-electron chi connectivity index (χ2n) is 4.86. The number of benzene rings is 2. The summed E-state index contributed by atoms with van der Waals surface area (Å²) in [5.41, 5.74) is 3.15. The van der Waals surface area contributed by atoms with E-state index in [0.29, 0.717) is 28.1 Å². The molecule has 0 saturated carbocycles. The number of carbonyl (C=O) groups excluding carboxylic acids is 1. The normalized spacial score (nSPS) is 11.1. The fraction of sp³-hybridized carbons (Fsp3) is 0.0625. The monoisotopic (exact) mass is 293 g/mol. The van der Waals surface area contributed by atoms with Gasteiger partial charge in [-0.25, -0.2) is 4.98 Å². The summed E-state index contributed by atoms with van der Waals surface area (Å²) < 4.78 is 10.4. The Labute approximate surface area is 124 Å². The molecule has 0 aliphatic carbocycles. The van der Waals surface area contributed by atoms with Crippen molar-refractivity contribution in [2.75, 3.05) is 5.32 Å². The Kier molecular flexibility index (Phi) is 2.86. The second kappa shape index (κ2) is 5.00. The van der Waals surface area contributed by atoms with Crippen LogP contribution in [-0.4, -0.2) is 16.0 Å². The lowest BCUT2D eigenvalue weighted by Gasteiger charge is -2.04. The van der Waals surface area contributed by atoms with E-state index in [1.807, 2.05) is 24.3 Å².